The summed E-state index contributed by atoms with van der Waals surface area (Å²) >= 11 is 1.63. The molecule has 1 aromatic carbocycles. The highest BCUT2D eigenvalue weighted by atomic mass is 32.1. The zero-order chi connectivity index (χ0) is 19.6. The van der Waals surface area contributed by atoms with E-state index in [-0.39, 0.29) is 30.6 Å². The van der Waals surface area contributed by atoms with Crippen LogP contribution in [0.2, 0.25) is 0 Å². The predicted molar refractivity (Wildman–Crippen MR) is 110 cm³/mol. The van der Waals surface area contributed by atoms with Gasteiger partial charge >= 0.3 is 0 Å². The molecule has 3 rings (SSSR count). The summed E-state index contributed by atoms with van der Waals surface area (Å²) in [6.45, 7) is 6.07. The number of Topliss-reactive ketones (excluding diaryl/α,β-unsaturated/α-hetero) is 1. The molecular weight excluding hydrogens is 358 g/mol. The molecule has 0 radical (unpaired) electrons. The standard InChI is InChI=1S/C22H27NO3S/c1-14-13-20(16(3)27-14)21(24)11-12-22(25)23(15(2)17-5-6-17)18-7-9-19(26-4)10-8-18/h7-10,13,15,17H,5-6,11-12H2,1-4H3. The minimum atomic E-state index is 0.0116. The highest BCUT2D eigenvalue weighted by Gasteiger charge is 2.35. The molecule has 27 heavy (non-hydrogen) atoms. The van der Waals surface area contributed by atoms with Gasteiger partial charge in [0.25, 0.3) is 0 Å². The molecule has 1 aromatic heterocycles. The molecule has 1 heterocycles. The molecule has 0 saturated heterocycles. The fourth-order valence-electron chi connectivity index (χ4n) is 3.52. The molecule has 2 aromatic rings. The Labute approximate surface area is 165 Å². The van der Waals surface area contributed by atoms with Crippen LogP contribution in [0.1, 0.15) is 52.7 Å². The number of ketones is 1. The first-order valence-corrected chi connectivity index (χ1v) is 10.3. The maximum absolute atomic E-state index is 13.0. The molecule has 1 amide bonds. The number of thiophene rings is 1. The number of hydrogen-bond donors (Lipinski definition) is 0. The van der Waals surface area contributed by atoms with Gasteiger partial charge in [-0.2, -0.15) is 0 Å². The summed E-state index contributed by atoms with van der Waals surface area (Å²) in [5.74, 6) is 1.38. The van der Waals surface area contributed by atoms with Crippen molar-refractivity contribution in [1.29, 1.82) is 0 Å². The van der Waals surface area contributed by atoms with Gasteiger partial charge in [-0.15, -0.1) is 11.3 Å². The zero-order valence-electron chi connectivity index (χ0n) is 16.5. The molecule has 5 heteroatoms. The summed E-state index contributed by atoms with van der Waals surface area (Å²) in [4.78, 5) is 29.6. The Bertz CT molecular complexity index is 821. The SMILES string of the molecule is COc1ccc(N(C(=O)CCC(=O)c2cc(C)sc2C)C(C)C2CC2)cc1. The second kappa shape index (κ2) is 8.26. The summed E-state index contributed by atoms with van der Waals surface area (Å²) in [6.07, 6.45) is 2.80. The first kappa shape index (κ1) is 19.6. The highest BCUT2D eigenvalue weighted by Crippen LogP contribution is 2.37. The number of carbonyl (C=O) groups is 2. The Morgan fingerprint density at radius 2 is 1.85 bits per heavy atom. The molecule has 0 spiro atoms. The number of rotatable bonds is 8. The molecule has 1 unspecified atom stereocenters. The minimum absolute atomic E-state index is 0.0116. The van der Waals surface area contributed by atoms with Crippen molar-refractivity contribution in [3.63, 3.8) is 0 Å². The molecule has 1 aliphatic carbocycles. The number of aryl methyl sites for hydroxylation is 2. The van der Waals surface area contributed by atoms with Gasteiger partial charge in [0.2, 0.25) is 5.91 Å². The van der Waals surface area contributed by atoms with Crippen molar-refractivity contribution in [2.45, 2.75) is 52.5 Å². The Morgan fingerprint density at radius 3 is 2.37 bits per heavy atom. The van der Waals surface area contributed by atoms with Crippen LogP contribution in [0.3, 0.4) is 0 Å². The number of ether oxygens (including phenoxy) is 1. The normalized spacial score (nSPS) is 14.7. The monoisotopic (exact) mass is 385 g/mol. The molecule has 1 atom stereocenters. The van der Waals surface area contributed by atoms with Crippen LogP contribution in [0.4, 0.5) is 5.69 Å². The van der Waals surface area contributed by atoms with Crippen LogP contribution in [-0.2, 0) is 4.79 Å². The zero-order valence-corrected chi connectivity index (χ0v) is 17.3. The van der Waals surface area contributed by atoms with Gasteiger partial charge in [0.05, 0.1) is 7.11 Å². The van der Waals surface area contributed by atoms with E-state index in [2.05, 4.69) is 6.92 Å². The molecular formula is C22H27NO3S. The van der Waals surface area contributed by atoms with Crippen molar-refractivity contribution < 1.29 is 14.3 Å². The molecule has 1 aliphatic rings. The topological polar surface area (TPSA) is 46.6 Å². The van der Waals surface area contributed by atoms with Crippen LogP contribution in [0.15, 0.2) is 30.3 Å². The number of benzene rings is 1. The van der Waals surface area contributed by atoms with Gasteiger partial charge in [-0.3, -0.25) is 9.59 Å². The summed E-state index contributed by atoms with van der Waals surface area (Å²) in [5.41, 5.74) is 1.63. The largest absolute Gasteiger partial charge is 0.497 e. The van der Waals surface area contributed by atoms with E-state index in [4.69, 9.17) is 4.74 Å². The average Bonchev–Trinajstić information content (AvgIpc) is 3.44. The predicted octanol–water partition coefficient (Wildman–Crippen LogP) is 5.17. The van der Waals surface area contributed by atoms with E-state index in [9.17, 15) is 9.59 Å². The van der Waals surface area contributed by atoms with Gasteiger partial charge in [0.15, 0.2) is 5.78 Å². The second-order valence-electron chi connectivity index (χ2n) is 7.29. The lowest BCUT2D eigenvalue weighted by molar-refractivity contribution is -0.119. The number of methoxy groups -OCH3 is 1. The van der Waals surface area contributed by atoms with Crippen LogP contribution in [0.5, 0.6) is 5.75 Å². The first-order chi connectivity index (χ1) is 12.9. The summed E-state index contributed by atoms with van der Waals surface area (Å²) < 4.78 is 5.22. The summed E-state index contributed by atoms with van der Waals surface area (Å²) in [5, 5.41) is 0. The lowest BCUT2D eigenvalue weighted by atomic mass is 10.1. The molecule has 0 aliphatic heterocycles. The minimum Gasteiger partial charge on any atom is -0.497 e. The third-order valence-corrected chi connectivity index (χ3v) is 6.20. The number of anilines is 1. The van der Waals surface area contributed by atoms with Crippen molar-refractivity contribution in [1.82, 2.24) is 0 Å². The fraction of sp³-hybridized carbons (Fsp3) is 0.455. The van der Waals surface area contributed by atoms with Crippen molar-refractivity contribution >= 4 is 28.7 Å². The summed E-state index contributed by atoms with van der Waals surface area (Å²) in [7, 11) is 1.63. The van der Waals surface area contributed by atoms with Crippen molar-refractivity contribution in [3.8, 4) is 5.75 Å². The first-order valence-electron chi connectivity index (χ1n) is 9.47. The van der Waals surface area contributed by atoms with E-state index in [0.29, 0.717) is 5.92 Å². The number of amides is 1. The Kier molecular flexibility index (Phi) is 6.00. The quantitative estimate of drug-likeness (QED) is 0.589. The maximum atomic E-state index is 13.0. The van der Waals surface area contributed by atoms with E-state index in [1.165, 1.54) is 0 Å². The Morgan fingerprint density at radius 1 is 1.19 bits per heavy atom. The van der Waals surface area contributed by atoms with Gasteiger partial charge in [-0.1, -0.05) is 0 Å². The van der Waals surface area contributed by atoms with Gasteiger partial charge < -0.3 is 9.64 Å². The fourth-order valence-corrected chi connectivity index (χ4v) is 4.46. The van der Waals surface area contributed by atoms with Crippen molar-refractivity contribution in [3.05, 3.63) is 45.6 Å². The molecule has 0 bridgehead atoms. The van der Waals surface area contributed by atoms with Crippen LogP contribution in [-0.4, -0.2) is 24.8 Å². The van der Waals surface area contributed by atoms with Crippen LogP contribution in [0, 0.1) is 19.8 Å². The van der Waals surface area contributed by atoms with Gasteiger partial charge in [0.1, 0.15) is 5.75 Å². The van der Waals surface area contributed by atoms with E-state index in [1.54, 1.807) is 18.4 Å². The number of nitrogens with zero attached hydrogens (tertiary/aromatic N) is 1. The Hall–Kier alpha value is -2.14. The van der Waals surface area contributed by atoms with Crippen molar-refractivity contribution in [2.75, 3.05) is 12.0 Å². The number of carbonyl (C=O) groups excluding carboxylic acids is 2. The van der Waals surface area contributed by atoms with Gasteiger partial charge in [0, 0.05) is 39.9 Å². The smallest absolute Gasteiger partial charge is 0.227 e. The van der Waals surface area contributed by atoms with E-state index in [0.717, 1.165) is 39.6 Å². The highest BCUT2D eigenvalue weighted by molar-refractivity contribution is 7.12. The lowest BCUT2D eigenvalue weighted by Crippen LogP contribution is -2.40. The van der Waals surface area contributed by atoms with Crippen LogP contribution < -0.4 is 9.64 Å². The van der Waals surface area contributed by atoms with Gasteiger partial charge in [-0.05, 0) is 69.9 Å². The van der Waals surface area contributed by atoms with Crippen LogP contribution in [0.25, 0.3) is 0 Å². The number of hydrogen-bond acceptors (Lipinski definition) is 4. The van der Waals surface area contributed by atoms with Crippen molar-refractivity contribution in [2.24, 2.45) is 5.92 Å². The van der Waals surface area contributed by atoms with E-state index >= 15 is 0 Å². The molecule has 1 saturated carbocycles. The van der Waals surface area contributed by atoms with Gasteiger partial charge in [-0.25, -0.2) is 0 Å². The van der Waals surface area contributed by atoms with Crippen LogP contribution >= 0.6 is 11.3 Å². The third-order valence-electron chi connectivity index (χ3n) is 5.24. The lowest BCUT2D eigenvalue weighted by Gasteiger charge is -2.30. The van der Waals surface area contributed by atoms with E-state index < -0.39 is 0 Å². The molecule has 144 valence electrons. The molecule has 0 N–H and O–H groups in total. The third kappa shape index (κ3) is 4.59. The molecule has 4 nitrogen and oxygen atoms in total. The Balaban J connectivity index is 1.72. The van der Waals surface area contributed by atoms with E-state index in [1.807, 2.05) is 49.1 Å². The second-order valence-corrected chi connectivity index (χ2v) is 8.75. The maximum Gasteiger partial charge on any atom is 0.227 e. The summed E-state index contributed by atoms with van der Waals surface area (Å²) in [6, 6.07) is 9.66. The average molecular weight is 386 g/mol. The molecule has 1 fully saturated rings.